The van der Waals surface area contributed by atoms with Crippen molar-refractivity contribution in [2.75, 3.05) is 4.90 Å². The van der Waals surface area contributed by atoms with E-state index >= 15 is 0 Å². The fourth-order valence-corrected chi connectivity index (χ4v) is 6.54. The molecular weight excluding hydrogens is 539 g/mol. The number of carbonyl (C=O) groups is 1. The molecule has 2 aromatic carbocycles. The first-order valence-electron chi connectivity index (χ1n) is 13.3. The molecule has 0 amide bonds. The number of ether oxygens (including phenoxy) is 1. The van der Waals surface area contributed by atoms with Crippen LogP contribution < -0.4 is 4.90 Å². The van der Waals surface area contributed by atoms with Gasteiger partial charge in [0.1, 0.15) is 17.7 Å². The lowest BCUT2D eigenvalue weighted by molar-refractivity contribution is 0.0139. The Bertz CT molecular complexity index is 1480. The fraction of sp³-hybridized carbons (Fsp3) is 0.379. The minimum absolute atomic E-state index is 0.0912. The maximum Gasteiger partial charge on any atom is 0.318 e. The summed E-state index contributed by atoms with van der Waals surface area (Å²) in [6, 6.07) is 13.7. The van der Waals surface area contributed by atoms with Crippen LogP contribution in [0.25, 0.3) is 22.7 Å². The molecule has 0 radical (unpaired) electrons. The van der Waals surface area contributed by atoms with E-state index in [0.717, 1.165) is 61.7 Å². The summed E-state index contributed by atoms with van der Waals surface area (Å²) >= 11 is 13.0. The average Bonchev–Trinajstić information content (AvgIpc) is 3.42. The second-order valence-electron chi connectivity index (χ2n) is 10.6. The zero-order chi connectivity index (χ0) is 26.5. The van der Waals surface area contributed by atoms with Gasteiger partial charge in [-0.05, 0) is 62.8 Å². The van der Waals surface area contributed by atoms with Gasteiger partial charge >= 0.3 is 6.01 Å². The number of nitrogens with zero attached hydrogens (tertiary/aromatic N) is 4. The number of rotatable bonds is 8. The van der Waals surface area contributed by atoms with E-state index in [1.807, 2.05) is 30.3 Å². The Morgan fingerprint density at radius 3 is 2.36 bits per heavy atom. The molecule has 3 aliphatic rings. The first kappa shape index (κ1) is 24.8. The van der Waals surface area contributed by atoms with Gasteiger partial charge in [-0.2, -0.15) is 0 Å². The van der Waals surface area contributed by atoms with Crippen LogP contribution >= 0.6 is 23.2 Å². The van der Waals surface area contributed by atoms with Crippen molar-refractivity contribution in [3.63, 3.8) is 0 Å². The highest BCUT2D eigenvalue weighted by molar-refractivity contribution is 6.39. The maximum atomic E-state index is 11.0. The van der Waals surface area contributed by atoms with Crippen LogP contribution in [0.15, 0.2) is 51.4 Å². The van der Waals surface area contributed by atoms with Crippen LogP contribution in [-0.4, -0.2) is 39.8 Å². The number of fused-ring (bicyclic) bond motifs is 2. The first-order valence-corrected chi connectivity index (χ1v) is 14.1. The molecule has 1 aliphatic carbocycles. The Morgan fingerprint density at radius 1 is 0.974 bits per heavy atom. The van der Waals surface area contributed by atoms with Gasteiger partial charge in [-0.3, -0.25) is 4.79 Å². The van der Waals surface area contributed by atoms with Crippen LogP contribution in [0.1, 0.15) is 66.1 Å². The van der Waals surface area contributed by atoms with Crippen LogP contribution in [0.3, 0.4) is 0 Å². The van der Waals surface area contributed by atoms with Crippen LogP contribution in [0, 0.1) is 0 Å². The van der Waals surface area contributed by atoms with E-state index in [2.05, 4.69) is 20.3 Å². The first-order chi connectivity index (χ1) is 19.1. The number of halogens is 2. The Balaban J connectivity index is 1.07. The van der Waals surface area contributed by atoms with Crippen LogP contribution in [0.2, 0.25) is 10.0 Å². The molecule has 2 aliphatic heterocycles. The van der Waals surface area contributed by atoms with E-state index < -0.39 is 0 Å². The van der Waals surface area contributed by atoms with E-state index in [1.165, 1.54) is 0 Å². The van der Waals surface area contributed by atoms with Crippen molar-refractivity contribution in [3.05, 3.63) is 69.4 Å². The number of aldehydes is 1. The summed E-state index contributed by atoms with van der Waals surface area (Å²) in [4.78, 5) is 13.2. The highest BCUT2D eigenvalue weighted by atomic mass is 35.5. The predicted octanol–water partition coefficient (Wildman–Crippen LogP) is 7.10. The molecule has 2 bridgehead atoms. The van der Waals surface area contributed by atoms with Crippen molar-refractivity contribution >= 4 is 35.5 Å². The summed E-state index contributed by atoms with van der Waals surface area (Å²) in [5.41, 5.74) is 3.71. The quantitative estimate of drug-likeness (QED) is 0.209. The van der Waals surface area contributed by atoms with Gasteiger partial charge in [-0.25, -0.2) is 0 Å². The van der Waals surface area contributed by atoms with Crippen molar-refractivity contribution in [2.24, 2.45) is 0 Å². The van der Waals surface area contributed by atoms with Crippen LogP contribution in [-0.2, 0) is 11.3 Å². The number of carbonyl (C=O) groups excluding carboxylic acids is 1. The minimum Gasteiger partial charge on any atom is -0.403 e. The molecule has 2 unspecified atom stereocenters. The lowest BCUT2D eigenvalue weighted by Gasteiger charge is -2.37. The summed E-state index contributed by atoms with van der Waals surface area (Å²) in [6.07, 6.45) is 6.93. The largest absolute Gasteiger partial charge is 0.403 e. The van der Waals surface area contributed by atoms with E-state index in [1.54, 1.807) is 12.1 Å². The van der Waals surface area contributed by atoms with Gasteiger partial charge in [0.15, 0.2) is 0 Å². The normalized spacial score (nSPS) is 22.4. The topological polar surface area (TPSA) is 94.5 Å². The van der Waals surface area contributed by atoms with Gasteiger partial charge in [0, 0.05) is 40.3 Å². The van der Waals surface area contributed by atoms with Crippen LogP contribution in [0.4, 0.5) is 6.01 Å². The lowest BCUT2D eigenvalue weighted by atomic mass is 10.00. The summed E-state index contributed by atoms with van der Waals surface area (Å²) < 4.78 is 18.4. The lowest BCUT2D eigenvalue weighted by Crippen LogP contribution is -2.45. The molecule has 10 heteroatoms. The van der Waals surface area contributed by atoms with E-state index in [-0.39, 0.29) is 18.2 Å². The van der Waals surface area contributed by atoms with Crippen LogP contribution in [0.5, 0.6) is 0 Å². The number of aromatic nitrogens is 3. The highest BCUT2D eigenvalue weighted by Crippen LogP contribution is 2.47. The molecule has 1 saturated carbocycles. The monoisotopic (exact) mass is 564 g/mol. The van der Waals surface area contributed by atoms with Gasteiger partial charge < -0.3 is 18.6 Å². The third-order valence-electron chi connectivity index (χ3n) is 8.05. The third kappa shape index (κ3) is 4.64. The van der Waals surface area contributed by atoms with Crippen molar-refractivity contribution in [3.8, 4) is 22.7 Å². The van der Waals surface area contributed by atoms with E-state index in [4.69, 9.17) is 36.9 Å². The molecule has 200 valence electrons. The molecule has 4 heterocycles. The molecular formula is C29H26Cl2N4O4. The Labute approximate surface area is 235 Å². The number of hydrogen-bond acceptors (Lipinski definition) is 8. The Morgan fingerprint density at radius 2 is 1.69 bits per heavy atom. The smallest absolute Gasteiger partial charge is 0.318 e. The number of anilines is 1. The summed E-state index contributed by atoms with van der Waals surface area (Å²) in [5, 5.41) is 14.1. The fourth-order valence-electron chi connectivity index (χ4n) is 5.97. The predicted molar refractivity (Wildman–Crippen MR) is 146 cm³/mol. The number of piperidine rings is 1. The van der Waals surface area contributed by atoms with Gasteiger partial charge in [0.25, 0.3) is 0 Å². The van der Waals surface area contributed by atoms with Gasteiger partial charge in [0.2, 0.25) is 5.89 Å². The van der Waals surface area contributed by atoms with Gasteiger partial charge in [-0.15, -0.1) is 5.10 Å². The summed E-state index contributed by atoms with van der Waals surface area (Å²) in [5.74, 6) is 1.72. The summed E-state index contributed by atoms with van der Waals surface area (Å²) in [6.45, 7) is 0.401. The van der Waals surface area contributed by atoms with Gasteiger partial charge in [0.05, 0.1) is 22.8 Å². The zero-order valence-electron chi connectivity index (χ0n) is 21.1. The van der Waals surface area contributed by atoms with Gasteiger partial charge in [-0.1, -0.05) is 51.7 Å². The Hall–Kier alpha value is -3.20. The van der Waals surface area contributed by atoms with Crippen molar-refractivity contribution in [1.82, 2.24) is 15.4 Å². The number of benzene rings is 2. The molecule has 2 atom stereocenters. The van der Waals surface area contributed by atoms with E-state index in [0.29, 0.717) is 51.3 Å². The second-order valence-corrected chi connectivity index (χ2v) is 11.4. The molecule has 8 nitrogen and oxygen atoms in total. The van der Waals surface area contributed by atoms with Crippen molar-refractivity contribution < 1.29 is 18.5 Å². The average molecular weight is 565 g/mol. The molecule has 4 aromatic rings. The molecule has 0 N–H and O–H groups in total. The molecule has 0 spiro atoms. The Kier molecular flexibility index (Phi) is 6.41. The minimum atomic E-state index is 0.0912. The maximum absolute atomic E-state index is 11.0. The standard InChI is InChI=1S/C29H26Cl2N4O4/c30-23-2-1-3-24(31)25(23)26-22(27(39-34-26)17-8-9-17)15-37-21-12-19-10-11-20(13-21)35(19)29-33-32-28(38-29)18-6-4-16(14-36)5-7-18/h1-7,14,17,19-21H,8-13,15H2. The number of hydrogen-bond donors (Lipinski definition) is 0. The summed E-state index contributed by atoms with van der Waals surface area (Å²) in [7, 11) is 0. The third-order valence-corrected chi connectivity index (χ3v) is 8.68. The molecule has 2 aromatic heterocycles. The molecule has 7 rings (SSSR count). The zero-order valence-corrected chi connectivity index (χ0v) is 22.6. The molecule has 3 fully saturated rings. The molecule has 2 saturated heterocycles. The second kappa shape index (κ2) is 10.1. The van der Waals surface area contributed by atoms with Crippen molar-refractivity contribution in [1.29, 1.82) is 0 Å². The van der Waals surface area contributed by atoms with E-state index in [9.17, 15) is 4.79 Å². The molecule has 39 heavy (non-hydrogen) atoms. The van der Waals surface area contributed by atoms with Crippen molar-refractivity contribution in [2.45, 2.75) is 69.2 Å². The SMILES string of the molecule is O=Cc1ccc(-c2nnc(N3C4CCC3CC(OCc3c(-c5c(Cl)cccc5Cl)noc3C3CC3)C4)o2)cc1. The highest BCUT2D eigenvalue weighted by Gasteiger charge is 2.44.